The molecule has 0 aliphatic carbocycles. The molecule has 2 atom stereocenters. The highest BCUT2D eigenvalue weighted by molar-refractivity contribution is 5.98. The van der Waals surface area contributed by atoms with E-state index in [0.717, 1.165) is 0 Å². The molecule has 0 spiro atoms. The third-order valence-electron chi connectivity index (χ3n) is 3.05. The number of hydrogen-bond donors (Lipinski definition) is 3. The van der Waals surface area contributed by atoms with Gasteiger partial charge in [0.15, 0.2) is 23.6 Å². The number of carbonyl (C=O) groups excluding carboxylic acids is 1. The third kappa shape index (κ3) is 2.36. The highest BCUT2D eigenvalue weighted by atomic mass is 16.8. The zero-order chi connectivity index (χ0) is 14.3. The number of fused-ring (bicyclic) bond motifs is 1. The van der Waals surface area contributed by atoms with Crippen LogP contribution in [0.25, 0.3) is 0 Å². The average molecular weight is 283 g/mol. The molecule has 20 heavy (non-hydrogen) atoms. The predicted molar refractivity (Wildman–Crippen MR) is 67.4 cm³/mol. The van der Waals surface area contributed by atoms with E-state index in [9.17, 15) is 4.79 Å². The number of carbonyl (C=O) groups is 1. The summed E-state index contributed by atoms with van der Waals surface area (Å²) >= 11 is 0. The van der Waals surface area contributed by atoms with Gasteiger partial charge in [-0.2, -0.15) is 5.06 Å². The van der Waals surface area contributed by atoms with Gasteiger partial charge in [0, 0.05) is 0 Å². The summed E-state index contributed by atoms with van der Waals surface area (Å²) in [7, 11) is 0. The van der Waals surface area contributed by atoms with Crippen LogP contribution in [0.3, 0.4) is 0 Å². The van der Waals surface area contributed by atoms with Gasteiger partial charge in [-0.15, -0.1) is 0 Å². The van der Waals surface area contributed by atoms with Gasteiger partial charge in [-0.05, 0) is 13.8 Å². The summed E-state index contributed by atoms with van der Waals surface area (Å²) in [6, 6.07) is 0. The SMILES string of the molecule is CC1(C)OCC(CON2c3nc[nH]c3C(=O)NC2N)O1. The van der Waals surface area contributed by atoms with Gasteiger partial charge in [0.2, 0.25) is 0 Å². The fraction of sp³-hybridized carbons (Fsp3) is 0.636. The second kappa shape index (κ2) is 4.70. The Balaban J connectivity index is 1.66. The van der Waals surface area contributed by atoms with E-state index in [-0.39, 0.29) is 18.6 Å². The number of H-pyrrole nitrogens is 1. The van der Waals surface area contributed by atoms with Gasteiger partial charge in [0.05, 0.1) is 12.9 Å². The van der Waals surface area contributed by atoms with Crippen LogP contribution in [-0.4, -0.2) is 47.3 Å². The lowest BCUT2D eigenvalue weighted by atomic mass is 10.3. The van der Waals surface area contributed by atoms with Crippen LogP contribution in [0.4, 0.5) is 5.82 Å². The fourth-order valence-corrected chi connectivity index (χ4v) is 2.17. The van der Waals surface area contributed by atoms with Gasteiger partial charge in [-0.25, -0.2) is 4.98 Å². The van der Waals surface area contributed by atoms with Gasteiger partial charge in [-0.3, -0.25) is 15.4 Å². The van der Waals surface area contributed by atoms with Crippen molar-refractivity contribution in [1.29, 1.82) is 0 Å². The van der Waals surface area contributed by atoms with Crippen molar-refractivity contribution in [2.24, 2.45) is 5.73 Å². The van der Waals surface area contributed by atoms with E-state index in [1.807, 2.05) is 13.8 Å². The number of imidazole rings is 1. The first-order valence-corrected chi connectivity index (χ1v) is 6.30. The van der Waals surface area contributed by atoms with Crippen LogP contribution in [0.5, 0.6) is 0 Å². The molecule has 9 heteroatoms. The molecule has 0 bridgehead atoms. The van der Waals surface area contributed by atoms with E-state index in [1.165, 1.54) is 11.4 Å². The van der Waals surface area contributed by atoms with Crippen LogP contribution in [-0.2, 0) is 14.3 Å². The van der Waals surface area contributed by atoms with E-state index < -0.39 is 12.1 Å². The number of nitrogens with zero attached hydrogens (tertiary/aromatic N) is 2. The Hall–Kier alpha value is -1.68. The van der Waals surface area contributed by atoms with Crippen LogP contribution >= 0.6 is 0 Å². The number of hydroxylamine groups is 1. The number of aromatic nitrogens is 2. The van der Waals surface area contributed by atoms with E-state index in [2.05, 4.69) is 15.3 Å². The molecule has 9 nitrogen and oxygen atoms in total. The second-order valence-electron chi connectivity index (χ2n) is 5.09. The van der Waals surface area contributed by atoms with Crippen LogP contribution in [0, 0.1) is 0 Å². The molecule has 2 aliphatic rings. The molecule has 0 radical (unpaired) electrons. The molecular weight excluding hydrogens is 266 g/mol. The van der Waals surface area contributed by atoms with Crippen LogP contribution < -0.4 is 16.1 Å². The molecule has 4 N–H and O–H groups in total. The molecule has 2 unspecified atom stereocenters. The number of amides is 1. The third-order valence-corrected chi connectivity index (χ3v) is 3.05. The lowest BCUT2D eigenvalue weighted by Crippen LogP contribution is -2.58. The minimum Gasteiger partial charge on any atom is -0.348 e. The zero-order valence-corrected chi connectivity index (χ0v) is 11.3. The Morgan fingerprint density at radius 2 is 2.45 bits per heavy atom. The predicted octanol–water partition coefficient (Wildman–Crippen LogP) is -0.715. The van der Waals surface area contributed by atoms with Gasteiger partial charge in [-0.1, -0.05) is 0 Å². The van der Waals surface area contributed by atoms with Gasteiger partial charge < -0.3 is 19.8 Å². The molecule has 1 amide bonds. The van der Waals surface area contributed by atoms with E-state index in [4.69, 9.17) is 20.0 Å². The molecule has 0 aromatic carbocycles. The van der Waals surface area contributed by atoms with Crippen molar-refractivity contribution in [2.75, 3.05) is 18.3 Å². The van der Waals surface area contributed by atoms with Crippen molar-refractivity contribution in [3.63, 3.8) is 0 Å². The van der Waals surface area contributed by atoms with E-state index in [0.29, 0.717) is 18.1 Å². The number of anilines is 1. The van der Waals surface area contributed by atoms with Crippen molar-refractivity contribution < 1.29 is 19.1 Å². The molecule has 110 valence electrons. The molecule has 1 saturated heterocycles. The number of ether oxygens (including phenoxy) is 2. The van der Waals surface area contributed by atoms with Crippen LogP contribution in [0.1, 0.15) is 24.3 Å². The first-order chi connectivity index (χ1) is 9.46. The standard InChI is InChI=1S/C11H17N5O4/c1-11(2)18-3-6(20-11)4-19-16-8-7(13-5-14-8)9(17)15-10(16)12/h5-6,10H,3-4,12H2,1-2H3,(H,13,14)(H,15,17). The summed E-state index contributed by atoms with van der Waals surface area (Å²) in [5.74, 6) is -0.560. The van der Waals surface area contributed by atoms with Gasteiger partial charge in [0.1, 0.15) is 12.7 Å². The van der Waals surface area contributed by atoms with E-state index >= 15 is 0 Å². The van der Waals surface area contributed by atoms with Crippen molar-refractivity contribution >= 4 is 11.7 Å². The molecular formula is C11H17N5O4. The Morgan fingerprint density at radius 1 is 1.65 bits per heavy atom. The highest BCUT2D eigenvalue weighted by Gasteiger charge is 2.36. The molecule has 2 aliphatic heterocycles. The Kier molecular flexibility index (Phi) is 3.13. The van der Waals surface area contributed by atoms with E-state index in [1.54, 1.807) is 0 Å². The summed E-state index contributed by atoms with van der Waals surface area (Å²) in [5, 5.41) is 3.91. The first kappa shape index (κ1) is 13.3. The summed E-state index contributed by atoms with van der Waals surface area (Å²) in [4.78, 5) is 24.1. The number of nitrogens with two attached hydrogens (primary N) is 1. The number of rotatable bonds is 3. The van der Waals surface area contributed by atoms with Crippen LogP contribution in [0.2, 0.25) is 0 Å². The van der Waals surface area contributed by atoms with Gasteiger partial charge >= 0.3 is 0 Å². The average Bonchev–Trinajstić information content (AvgIpc) is 2.96. The zero-order valence-electron chi connectivity index (χ0n) is 11.3. The largest absolute Gasteiger partial charge is 0.348 e. The normalized spacial score (nSPS) is 28.4. The minimum absolute atomic E-state index is 0.197. The molecule has 1 fully saturated rings. The second-order valence-corrected chi connectivity index (χ2v) is 5.09. The molecule has 1 aromatic heterocycles. The summed E-state index contributed by atoms with van der Waals surface area (Å²) < 4.78 is 11.1. The van der Waals surface area contributed by atoms with Crippen molar-refractivity contribution in [2.45, 2.75) is 32.0 Å². The topological polar surface area (TPSA) is 115 Å². The summed E-state index contributed by atoms with van der Waals surface area (Å²) in [6.07, 6.45) is 0.419. The smallest absolute Gasteiger partial charge is 0.274 e. The number of aromatic amines is 1. The first-order valence-electron chi connectivity index (χ1n) is 6.30. The quantitative estimate of drug-likeness (QED) is 0.671. The fourth-order valence-electron chi connectivity index (χ4n) is 2.17. The molecule has 1 aromatic rings. The maximum Gasteiger partial charge on any atom is 0.274 e. The highest BCUT2D eigenvalue weighted by Crippen LogP contribution is 2.25. The molecule has 0 saturated carbocycles. The number of hydrogen-bond acceptors (Lipinski definition) is 7. The van der Waals surface area contributed by atoms with Crippen molar-refractivity contribution in [1.82, 2.24) is 15.3 Å². The van der Waals surface area contributed by atoms with Crippen LogP contribution in [0.15, 0.2) is 6.33 Å². The Labute approximate surface area is 115 Å². The summed E-state index contributed by atoms with van der Waals surface area (Å²) in [5.41, 5.74) is 6.14. The monoisotopic (exact) mass is 283 g/mol. The molecule has 3 rings (SSSR count). The van der Waals surface area contributed by atoms with Gasteiger partial charge in [0.25, 0.3) is 5.91 Å². The lowest BCUT2D eigenvalue weighted by molar-refractivity contribution is -0.146. The maximum atomic E-state index is 11.7. The minimum atomic E-state index is -0.798. The maximum absolute atomic E-state index is 11.7. The van der Waals surface area contributed by atoms with Crippen molar-refractivity contribution in [3.8, 4) is 0 Å². The lowest BCUT2D eigenvalue weighted by Gasteiger charge is -2.32. The van der Waals surface area contributed by atoms with Crippen molar-refractivity contribution in [3.05, 3.63) is 12.0 Å². The Bertz CT molecular complexity index is 517. The summed E-state index contributed by atoms with van der Waals surface area (Å²) in [6.45, 7) is 4.37. The Morgan fingerprint density at radius 3 is 3.15 bits per heavy atom. The number of nitrogens with one attached hydrogen (secondary N) is 2. The molecule has 3 heterocycles.